The molecule has 3 aromatic rings. The second-order valence-corrected chi connectivity index (χ2v) is 10.3. The first-order valence-electron chi connectivity index (χ1n) is 13.5. The quantitative estimate of drug-likeness (QED) is 0.261. The van der Waals surface area contributed by atoms with E-state index in [1.165, 1.54) is 20.3 Å². The van der Waals surface area contributed by atoms with Gasteiger partial charge in [-0.3, -0.25) is 9.78 Å². The lowest BCUT2D eigenvalue weighted by atomic mass is 9.72. The van der Waals surface area contributed by atoms with Gasteiger partial charge in [-0.1, -0.05) is 6.92 Å². The molecule has 1 aliphatic rings. The van der Waals surface area contributed by atoms with Gasteiger partial charge in [-0.05, 0) is 54.0 Å². The van der Waals surface area contributed by atoms with Crippen LogP contribution in [0, 0.1) is 23.4 Å². The molecule has 4 rings (SSSR count). The highest BCUT2D eigenvalue weighted by Crippen LogP contribution is 2.37. The zero-order chi connectivity index (χ0) is 30.4. The van der Waals surface area contributed by atoms with E-state index < -0.39 is 40.6 Å². The number of benzene rings is 1. The summed E-state index contributed by atoms with van der Waals surface area (Å²) in [4.78, 5) is 33.3. The smallest absolute Gasteiger partial charge is 0.407 e. The standard InChI is InChI=1S/C30H33F3N4O5/c1-16-10-17(11-24(34)28(16)37-30(39)41-3)20-6-7-35-15-18(20)12-26(38)25-5-4-21(31)29(36-25)27-22(32)13-19(14-23(27)33)42-9-8-40-2/h4-7,13-17,24,28H,8-12,34H2,1-3H3,(H,37,39)/t16-,17+,24+,28-/m0/s1. The molecule has 0 spiro atoms. The number of ketones is 1. The number of carbonyl (C=O) groups excluding carboxylic acids is 2. The Balaban J connectivity index is 1.55. The van der Waals surface area contributed by atoms with Gasteiger partial charge < -0.3 is 25.3 Å². The SMILES string of the molecule is COCCOc1cc(F)c(-c2nc(C(=O)Cc3cnccc3[C@H]3C[C@@H](N)[C@@H](NC(=O)OC)[C@@H](C)C3)ccc2F)c(F)c1. The largest absolute Gasteiger partial charge is 0.491 e. The number of hydrogen-bond donors (Lipinski definition) is 2. The van der Waals surface area contributed by atoms with Crippen LogP contribution >= 0.6 is 0 Å². The third-order valence-electron chi connectivity index (χ3n) is 7.43. The summed E-state index contributed by atoms with van der Waals surface area (Å²) in [7, 11) is 2.75. The minimum atomic E-state index is -1.09. The van der Waals surface area contributed by atoms with Crippen molar-refractivity contribution in [3.63, 3.8) is 0 Å². The monoisotopic (exact) mass is 586 g/mol. The highest BCUT2D eigenvalue weighted by molar-refractivity contribution is 5.96. The first kappa shape index (κ1) is 30.9. The van der Waals surface area contributed by atoms with Crippen molar-refractivity contribution in [2.24, 2.45) is 11.7 Å². The predicted molar refractivity (Wildman–Crippen MR) is 148 cm³/mol. The van der Waals surface area contributed by atoms with Gasteiger partial charge in [0, 0.05) is 50.1 Å². The normalized spacial score (nSPS) is 20.2. The van der Waals surface area contributed by atoms with Gasteiger partial charge in [0.1, 0.15) is 41.2 Å². The summed E-state index contributed by atoms with van der Waals surface area (Å²) >= 11 is 0. The Morgan fingerprint density at radius 1 is 1.05 bits per heavy atom. The van der Waals surface area contributed by atoms with E-state index in [-0.39, 0.29) is 55.0 Å². The predicted octanol–water partition coefficient (Wildman–Crippen LogP) is 4.58. The maximum atomic E-state index is 14.9. The number of rotatable bonds is 10. The third kappa shape index (κ3) is 7.05. The molecule has 0 radical (unpaired) electrons. The van der Waals surface area contributed by atoms with Gasteiger partial charge >= 0.3 is 6.09 Å². The van der Waals surface area contributed by atoms with Crippen LogP contribution in [0.2, 0.25) is 0 Å². The number of alkyl carbamates (subject to hydrolysis) is 1. The summed E-state index contributed by atoms with van der Waals surface area (Å²) < 4.78 is 59.4. The average Bonchev–Trinajstić information content (AvgIpc) is 2.95. The number of ether oxygens (including phenoxy) is 3. The minimum Gasteiger partial charge on any atom is -0.491 e. The van der Waals surface area contributed by atoms with Crippen LogP contribution in [0.3, 0.4) is 0 Å². The van der Waals surface area contributed by atoms with Gasteiger partial charge in [0.15, 0.2) is 5.78 Å². The van der Waals surface area contributed by atoms with E-state index in [0.29, 0.717) is 18.4 Å². The Bertz CT molecular complexity index is 1400. The molecule has 12 heteroatoms. The topological polar surface area (TPSA) is 126 Å². The number of nitrogens with two attached hydrogens (primary N) is 1. The van der Waals surface area contributed by atoms with E-state index in [2.05, 4.69) is 15.3 Å². The van der Waals surface area contributed by atoms with Crippen molar-refractivity contribution in [1.29, 1.82) is 0 Å². The fraction of sp³-hybridized carbons (Fsp3) is 0.400. The fourth-order valence-electron chi connectivity index (χ4n) is 5.41. The van der Waals surface area contributed by atoms with Crippen LogP contribution in [-0.4, -0.2) is 61.4 Å². The van der Waals surface area contributed by atoms with Crippen molar-refractivity contribution in [2.75, 3.05) is 27.4 Å². The Kier molecular flexibility index (Phi) is 10.1. The molecule has 224 valence electrons. The number of carbonyl (C=O) groups is 2. The van der Waals surface area contributed by atoms with Gasteiger partial charge in [-0.15, -0.1) is 0 Å². The first-order chi connectivity index (χ1) is 20.1. The maximum Gasteiger partial charge on any atom is 0.407 e. The molecule has 4 atom stereocenters. The number of hydrogen-bond acceptors (Lipinski definition) is 8. The number of aromatic nitrogens is 2. The van der Waals surface area contributed by atoms with Crippen molar-refractivity contribution in [3.8, 4) is 17.0 Å². The third-order valence-corrected chi connectivity index (χ3v) is 7.43. The summed E-state index contributed by atoms with van der Waals surface area (Å²) in [6.45, 7) is 2.27. The van der Waals surface area contributed by atoms with Crippen molar-refractivity contribution in [3.05, 3.63) is 77.0 Å². The van der Waals surface area contributed by atoms with Crippen LogP contribution in [0.25, 0.3) is 11.3 Å². The molecule has 1 fully saturated rings. The fourth-order valence-corrected chi connectivity index (χ4v) is 5.41. The Hall–Kier alpha value is -4.03. The molecule has 0 bridgehead atoms. The number of nitrogens with zero attached hydrogens (tertiary/aromatic N) is 2. The number of Topliss-reactive ketones (excluding diaryl/α,β-unsaturated/α-hetero) is 1. The Morgan fingerprint density at radius 3 is 2.45 bits per heavy atom. The minimum absolute atomic E-state index is 0.0129. The van der Waals surface area contributed by atoms with Crippen molar-refractivity contribution < 1.29 is 37.0 Å². The van der Waals surface area contributed by atoms with Crippen LogP contribution in [0.1, 0.15) is 47.3 Å². The number of pyridine rings is 2. The van der Waals surface area contributed by atoms with Gasteiger partial charge in [-0.2, -0.15) is 0 Å². The molecule has 0 aliphatic heterocycles. The molecule has 9 nitrogen and oxygen atoms in total. The van der Waals surface area contributed by atoms with E-state index in [0.717, 1.165) is 23.8 Å². The summed E-state index contributed by atoms with van der Waals surface area (Å²) in [6, 6.07) is 5.19. The summed E-state index contributed by atoms with van der Waals surface area (Å²) in [5.74, 6) is -3.72. The highest BCUT2D eigenvalue weighted by Gasteiger charge is 2.36. The Morgan fingerprint density at radius 2 is 1.79 bits per heavy atom. The van der Waals surface area contributed by atoms with E-state index in [1.54, 1.807) is 12.4 Å². The lowest BCUT2D eigenvalue weighted by Gasteiger charge is -2.39. The van der Waals surface area contributed by atoms with Crippen LogP contribution < -0.4 is 15.8 Å². The number of halogens is 3. The summed E-state index contributed by atoms with van der Waals surface area (Å²) in [5.41, 5.74) is 6.44. The van der Waals surface area contributed by atoms with Gasteiger partial charge in [0.25, 0.3) is 0 Å². The molecule has 42 heavy (non-hydrogen) atoms. The molecule has 1 saturated carbocycles. The van der Waals surface area contributed by atoms with Crippen LogP contribution in [0.5, 0.6) is 5.75 Å². The number of amides is 1. The van der Waals surface area contributed by atoms with E-state index >= 15 is 0 Å². The van der Waals surface area contributed by atoms with Crippen molar-refractivity contribution in [2.45, 2.75) is 44.2 Å². The van der Waals surface area contributed by atoms with Gasteiger partial charge in [-0.25, -0.2) is 22.9 Å². The Labute approximate surface area is 241 Å². The lowest BCUT2D eigenvalue weighted by Crippen LogP contribution is -2.54. The second-order valence-electron chi connectivity index (χ2n) is 10.3. The highest BCUT2D eigenvalue weighted by atomic mass is 19.1. The van der Waals surface area contributed by atoms with Crippen LogP contribution in [-0.2, 0) is 15.9 Å². The summed E-state index contributed by atoms with van der Waals surface area (Å²) in [5, 5.41) is 2.80. The maximum absolute atomic E-state index is 14.9. The van der Waals surface area contributed by atoms with E-state index in [4.69, 9.17) is 19.9 Å². The van der Waals surface area contributed by atoms with Crippen LogP contribution in [0.4, 0.5) is 18.0 Å². The van der Waals surface area contributed by atoms with Gasteiger partial charge in [0.2, 0.25) is 0 Å². The molecular formula is C30H33F3N4O5. The molecule has 1 aromatic carbocycles. The average molecular weight is 587 g/mol. The molecule has 1 aliphatic carbocycles. The van der Waals surface area contributed by atoms with E-state index in [1.807, 2.05) is 13.0 Å². The van der Waals surface area contributed by atoms with Crippen molar-refractivity contribution in [1.82, 2.24) is 15.3 Å². The van der Waals surface area contributed by atoms with Crippen molar-refractivity contribution >= 4 is 11.9 Å². The lowest BCUT2D eigenvalue weighted by molar-refractivity contribution is 0.0987. The molecule has 2 heterocycles. The van der Waals surface area contributed by atoms with Crippen LogP contribution in [0.15, 0.2) is 42.7 Å². The number of methoxy groups -OCH3 is 2. The molecule has 3 N–H and O–H groups in total. The first-order valence-corrected chi connectivity index (χ1v) is 13.5. The summed E-state index contributed by atoms with van der Waals surface area (Å²) in [6.07, 6.45) is 3.77. The molecule has 1 amide bonds. The van der Waals surface area contributed by atoms with Gasteiger partial charge in [0.05, 0.1) is 19.3 Å². The molecular weight excluding hydrogens is 553 g/mol. The molecule has 0 unspecified atom stereocenters. The molecule has 0 saturated heterocycles. The zero-order valence-electron chi connectivity index (χ0n) is 23.5. The molecule has 2 aromatic heterocycles. The number of nitrogens with one attached hydrogen (secondary N) is 1. The zero-order valence-corrected chi connectivity index (χ0v) is 23.5. The second kappa shape index (κ2) is 13.8. The van der Waals surface area contributed by atoms with E-state index in [9.17, 15) is 22.8 Å².